The van der Waals surface area contributed by atoms with E-state index >= 15 is 0 Å². The van der Waals surface area contributed by atoms with Crippen LogP contribution >= 0.6 is 12.6 Å². The summed E-state index contributed by atoms with van der Waals surface area (Å²) in [6, 6.07) is 4.95. The number of benzene rings is 1. The van der Waals surface area contributed by atoms with E-state index < -0.39 is 0 Å². The van der Waals surface area contributed by atoms with Crippen LogP contribution in [0.1, 0.15) is 18.4 Å². The van der Waals surface area contributed by atoms with Crippen molar-refractivity contribution in [1.82, 2.24) is 0 Å². The normalized spacial score (nSPS) is 10.2. The standard InChI is InChI=1S/C10H14O2S/c11-9-5-4-8(7-10(9)12)3-1-2-6-13/h4-5,7,11-13H,1-3,6H2. The molecule has 0 unspecified atom stereocenters. The van der Waals surface area contributed by atoms with E-state index in [4.69, 9.17) is 5.11 Å². The number of phenolic OH excluding ortho intramolecular Hbond substituents is 2. The number of phenols is 2. The van der Waals surface area contributed by atoms with Gasteiger partial charge in [-0.1, -0.05) is 6.07 Å². The lowest BCUT2D eigenvalue weighted by atomic mass is 10.1. The van der Waals surface area contributed by atoms with Gasteiger partial charge in [0.1, 0.15) is 0 Å². The summed E-state index contributed by atoms with van der Waals surface area (Å²) in [5, 5.41) is 18.2. The SMILES string of the molecule is Oc1ccc(CCCCS)cc1O. The van der Waals surface area contributed by atoms with Gasteiger partial charge in [0.05, 0.1) is 0 Å². The predicted molar refractivity (Wildman–Crippen MR) is 56.6 cm³/mol. The molecule has 3 heteroatoms. The fourth-order valence-electron chi connectivity index (χ4n) is 1.17. The lowest BCUT2D eigenvalue weighted by Crippen LogP contribution is -1.86. The molecule has 1 aromatic carbocycles. The molecular formula is C10H14O2S. The van der Waals surface area contributed by atoms with Crippen LogP contribution in [0.25, 0.3) is 0 Å². The minimum Gasteiger partial charge on any atom is -0.504 e. The molecule has 0 aliphatic carbocycles. The Bertz CT molecular complexity index is 274. The first-order chi connectivity index (χ1) is 6.24. The molecule has 2 nitrogen and oxygen atoms in total. The van der Waals surface area contributed by atoms with Gasteiger partial charge >= 0.3 is 0 Å². The number of unbranched alkanes of at least 4 members (excludes halogenated alkanes) is 1. The van der Waals surface area contributed by atoms with Crippen molar-refractivity contribution in [2.45, 2.75) is 19.3 Å². The highest BCUT2D eigenvalue weighted by molar-refractivity contribution is 7.80. The van der Waals surface area contributed by atoms with Crippen molar-refractivity contribution < 1.29 is 10.2 Å². The second-order valence-electron chi connectivity index (χ2n) is 3.00. The average Bonchev–Trinajstić information content (AvgIpc) is 2.12. The van der Waals surface area contributed by atoms with Crippen molar-refractivity contribution in [2.24, 2.45) is 0 Å². The zero-order valence-electron chi connectivity index (χ0n) is 7.40. The first kappa shape index (κ1) is 10.3. The van der Waals surface area contributed by atoms with Crippen LogP contribution < -0.4 is 0 Å². The molecule has 0 aromatic heterocycles. The Kier molecular flexibility index (Phi) is 3.96. The van der Waals surface area contributed by atoms with Crippen LogP contribution in [0.4, 0.5) is 0 Å². The van der Waals surface area contributed by atoms with Gasteiger partial charge in [-0.2, -0.15) is 12.6 Å². The van der Waals surface area contributed by atoms with E-state index in [1.165, 1.54) is 6.07 Å². The molecule has 0 heterocycles. The molecule has 0 saturated carbocycles. The van der Waals surface area contributed by atoms with Gasteiger partial charge in [-0.05, 0) is 42.7 Å². The Morgan fingerprint density at radius 3 is 2.46 bits per heavy atom. The second kappa shape index (κ2) is 5.02. The van der Waals surface area contributed by atoms with Crippen LogP contribution in [-0.4, -0.2) is 16.0 Å². The van der Waals surface area contributed by atoms with E-state index in [2.05, 4.69) is 12.6 Å². The monoisotopic (exact) mass is 198 g/mol. The molecule has 0 radical (unpaired) electrons. The highest BCUT2D eigenvalue weighted by Gasteiger charge is 1.99. The summed E-state index contributed by atoms with van der Waals surface area (Å²) in [6.07, 6.45) is 3.06. The topological polar surface area (TPSA) is 40.5 Å². The lowest BCUT2D eigenvalue weighted by molar-refractivity contribution is 0.403. The van der Waals surface area contributed by atoms with E-state index in [1.807, 2.05) is 6.07 Å². The Hall–Kier alpha value is -0.830. The van der Waals surface area contributed by atoms with Gasteiger partial charge in [-0.3, -0.25) is 0 Å². The summed E-state index contributed by atoms with van der Waals surface area (Å²) in [6.45, 7) is 0. The molecule has 0 aliphatic heterocycles. The van der Waals surface area contributed by atoms with Crippen LogP contribution in [0.15, 0.2) is 18.2 Å². The van der Waals surface area contributed by atoms with Crippen molar-refractivity contribution in [3.8, 4) is 11.5 Å². The maximum absolute atomic E-state index is 9.19. The summed E-state index contributed by atoms with van der Waals surface area (Å²) >= 11 is 4.11. The van der Waals surface area contributed by atoms with Crippen molar-refractivity contribution in [1.29, 1.82) is 0 Å². The maximum atomic E-state index is 9.19. The highest BCUT2D eigenvalue weighted by atomic mass is 32.1. The largest absolute Gasteiger partial charge is 0.504 e. The van der Waals surface area contributed by atoms with Crippen molar-refractivity contribution >= 4 is 12.6 Å². The minimum absolute atomic E-state index is 0.0385. The molecule has 0 atom stereocenters. The summed E-state index contributed by atoms with van der Waals surface area (Å²) in [5.41, 5.74) is 1.05. The Morgan fingerprint density at radius 1 is 1.08 bits per heavy atom. The molecule has 1 aromatic rings. The Labute approximate surface area is 83.6 Å². The third-order valence-electron chi connectivity index (χ3n) is 1.91. The van der Waals surface area contributed by atoms with E-state index in [0.717, 1.165) is 30.6 Å². The van der Waals surface area contributed by atoms with Crippen molar-refractivity contribution in [3.63, 3.8) is 0 Å². The molecule has 1 rings (SSSR count). The first-order valence-electron chi connectivity index (χ1n) is 4.36. The second-order valence-corrected chi connectivity index (χ2v) is 3.45. The van der Waals surface area contributed by atoms with E-state index in [9.17, 15) is 5.11 Å². The van der Waals surface area contributed by atoms with E-state index in [-0.39, 0.29) is 11.5 Å². The number of aromatic hydroxyl groups is 2. The van der Waals surface area contributed by atoms with E-state index in [1.54, 1.807) is 6.07 Å². The van der Waals surface area contributed by atoms with Crippen molar-refractivity contribution in [3.05, 3.63) is 23.8 Å². The lowest BCUT2D eigenvalue weighted by Gasteiger charge is -2.02. The molecule has 0 spiro atoms. The van der Waals surface area contributed by atoms with Crippen LogP contribution in [-0.2, 0) is 6.42 Å². The zero-order valence-corrected chi connectivity index (χ0v) is 8.30. The highest BCUT2D eigenvalue weighted by Crippen LogP contribution is 2.25. The molecule has 0 bridgehead atoms. The summed E-state index contributed by atoms with van der Waals surface area (Å²) < 4.78 is 0. The van der Waals surface area contributed by atoms with Gasteiger partial charge in [0, 0.05) is 0 Å². The summed E-state index contributed by atoms with van der Waals surface area (Å²) in [7, 11) is 0. The first-order valence-corrected chi connectivity index (χ1v) is 4.99. The molecule has 0 fully saturated rings. The molecule has 2 N–H and O–H groups in total. The van der Waals surface area contributed by atoms with Gasteiger partial charge in [-0.15, -0.1) is 0 Å². The molecule has 0 saturated heterocycles. The van der Waals surface area contributed by atoms with Crippen LogP contribution in [0, 0.1) is 0 Å². The van der Waals surface area contributed by atoms with Gasteiger partial charge in [0.25, 0.3) is 0 Å². The summed E-state index contributed by atoms with van der Waals surface area (Å²) in [4.78, 5) is 0. The molecule has 72 valence electrons. The van der Waals surface area contributed by atoms with Gasteiger partial charge in [-0.25, -0.2) is 0 Å². The number of thiol groups is 1. The van der Waals surface area contributed by atoms with Gasteiger partial charge in [0.2, 0.25) is 0 Å². The Morgan fingerprint density at radius 2 is 1.85 bits per heavy atom. The van der Waals surface area contributed by atoms with Crippen molar-refractivity contribution in [2.75, 3.05) is 5.75 Å². The van der Waals surface area contributed by atoms with E-state index in [0.29, 0.717) is 0 Å². The quantitative estimate of drug-likeness (QED) is 0.395. The molecular weight excluding hydrogens is 184 g/mol. The third-order valence-corrected chi connectivity index (χ3v) is 2.23. The summed E-state index contributed by atoms with van der Waals surface area (Å²) in [5.74, 6) is 0.797. The fourth-order valence-corrected chi connectivity index (χ4v) is 1.39. The molecule has 0 aliphatic rings. The van der Waals surface area contributed by atoms with Crippen LogP contribution in [0.3, 0.4) is 0 Å². The smallest absolute Gasteiger partial charge is 0.157 e. The number of rotatable bonds is 4. The van der Waals surface area contributed by atoms with Crippen LogP contribution in [0.2, 0.25) is 0 Å². The third kappa shape index (κ3) is 3.19. The number of hydrogen-bond acceptors (Lipinski definition) is 3. The fraction of sp³-hybridized carbons (Fsp3) is 0.400. The number of hydrogen-bond donors (Lipinski definition) is 3. The van der Waals surface area contributed by atoms with Gasteiger partial charge in [0.15, 0.2) is 11.5 Å². The van der Waals surface area contributed by atoms with Gasteiger partial charge < -0.3 is 10.2 Å². The zero-order chi connectivity index (χ0) is 9.68. The predicted octanol–water partition coefficient (Wildman–Crippen LogP) is 2.35. The maximum Gasteiger partial charge on any atom is 0.157 e. The average molecular weight is 198 g/mol. The Balaban J connectivity index is 2.53. The number of aryl methyl sites for hydroxylation is 1. The van der Waals surface area contributed by atoms with Crippen LogP contribution in [0.5, 0.6) is 11.5 Å². The minimum atomic E-state index is -0.0575. The molecule has 13 heavy (non-hydrogen) atoms. The molecule has 0 amide bonds.